The Labute approximate surface area is 139 Å². The molecule has 0 spiro atoms. The van der Waals surface area contributed by atoms with Crippen LogP contribution in [0.4, 0.5) is 5.82 Å². The minimum Gasteiger partial charge on any atom is -0.387 e. The van der Waals surface area contributed by atoms with Crippen LogP contribution in [0.25, 0.3) is 11.2 Å². The molecule has 4 atom stereocenters. The molecule has 0 amide bonds. The third kappa shape index (κ3) is 3.48. The summed E-state index contributed by atoms with van der Waals surface area (Å²) in [5.41, 5.74) is 6.25. The van der Waals surface area contributed by atoms with E-state index in [9.17, 15) is 14.8 Å². The number of phosphoric acid groups is 1. The Morgan fingerprint density at radius 2 is 2.00 bits per heavy atom. The van der Waals surface area contributed by atoms with E-state index in [1.165, 1.54) is 17.2 Å². The number of fused-ring (bicyclic) bond motifs is 1. The molecule has 1 fully saturated rings. The summed E-state index contributed by atoms with van der Waals surface area (Å²) in [6.45, 7) is -0.594. The second-order valence-corrected chi connectivity index (χ2v) is 6.15. The van der Waals surface area contributed by atoms with Crippen molar-refractivity contribution in [3.8, 4) is 0 Å². The van der Waals surface area contributed by atoms with Gasteiger partial charge < -0.3 is 30.5 Å². The molecule has 0 aliphatic carbocycles. The molecular weight excluding hydrogens is 361 g/mol. The number of nitrogen functional groups attached to an aromatic ring is 1. The number of aliphatic hydroxyl groups excluding tert-OH is 2. The van der Waals surface area contributed by atoms with E-state index in [4.69, 9.17) is 20.3 Å². The number of anilines is 1. The van der Waals surface area contributed by atoms with Crippen molar-refractivity contribution in [1.29, 1.82) is 0 Å². The lowest BCUT2D eigenvalue weighted by Crippen LogP contribution is -2.33. The zero-order valence-electron chi connectivity index (χ0n) is 12.0. The van der Waals surface area contributed by atoms with Gasteiger partial charge in [0.1, 0.15) is 30.2 Å². The Balaban J connectivity index is 0.00000208. The van der Waals surface area contributed by atoms with Gasteiger partial charge in [-0.3, -0.25) is 9.09 Å². The van der Waals surface area contributed by atoms with Crippen LogP contribution in [-0.4, -0.2) is 75.4 Å². The largest absolute Gasteiger partial charge is 0.469 e. The standard InChI is InChI=1S/C10H14N5O7P.Si/c11-8-5-9(13-2-12-8)15(3-14-5)10-7(17)6(16)4(22-10)1-21-23(18,19)20;/h2-4,6-7,10,16-17H,1H2,(H2,11,12,13)(H2,18,19,20);/t4-,6-,7-,10-;/m1./s1. The highest BCUT2D eigenvalue weighted by atomic mass is 31.2. The number of nitrogens with two attached hydrogens (primary N) is 1. The number of nitrogens with zero attached hydrogens (tertiary/aromatic N) is 4. The van der Waals surface area contributed by atoms with E-state index < -0.39 is 39.0 Å². The molecule has 6 N–H and O–H groups in total. The molecule has 14 heteroatoms. The smallest absolute Gasteiger partial charge is 0.387 e. The number of rotatable bonds is 4. The van der Waals surface area contributed by atoms with Crippen LogP contribution in [0.15, 0.2) is 12.7 Å². The van der Waals surface area contributed by atoms with Gasteiger partial charge in [-0.2, -0.15) is 0 Å². The van der Waals surface area contributed by atoms with Crippen LogP contribution >= 0.6 is 7.82 Å². The summed E-state index contributed by atoms with van der Waals surface area (Å²) in [4.78, 5) is 29.2. The summed E-state index contributed by atoms with van der Waals surface area (Å²) in [5.74, 6) is 0.142. The van der Waals surface area contributed by atoms with E-state index in [1.807, 2.05) is 0 Å². The van der Waals surface area contributed by atoms with Gasteiger partial charge >= 0.3 is 7.82 Å². The third-order valence-electron chi connectivity index (χ3n) is 3.41. The maximum absolute atomic E-state index is 10.7. The lowest BCUT2D eigenvalue weighted by atomic mass is 10.1. The highest BCUT2D eigenvalue weighted by Crippen LogP contribution is 2.38. The van der Waals surface area contributed by atoms with Crippen molar-refractivity contribution in [3.05, 3.63) is 12.7 Å². The first-order chi connectivity index (χ1) is 10.8. The molecule has 24 heavy (non-hydrogen) atoms. The lowest BCUT2D eigenvalue weighted by Gasteiger charge is -2.16. The number of hydrogen-bond acceptors (Lipinski definition) is 9. The minimum absolute atomic E-state index is 0. The van der Waals surface area contributed by atoms with Crippen LogP contribution in [0, 0.1) is 0 Å². The van der Waals surface area contributed by atoms with Crippen molar-refractivity contribution >= 4 is 35.8 Å². The maximum Gasteiger partial charge on any atom is 0.469 e. The van der Waals surface area contributed by atoms with Gasteiger partial charge in [-0.15, -0.1) is 0 Å². The van der Waals surface area contributed by atoms with Gasteiger partial charge in [0.2, 0.25) is 0 Å². The van der Waals surface area contributed by atoms with Crippen LogP contribution in [0.2, 0.25) is 0 Å². The third-order valence-corrected chi connectivity index (χ3v) is 3.89. The van der Waals surface area contributed by atoms with E-state index in [2.05, 4.69) is 19.5 Å². The first-order valence-electron chi connectivity index (χ1n) is 6.42. The average Bonchev–Trinajstić information content (AvgIpc) is 3.01. The lowest BCUT2D eigenvalue weighted by molar-refractivity contribution is -0.0504. The van der Waals surface area contributed by atoms with E-state index in [0.29, 0.717) is 5.52 Å². The molecule has 130 valence electrons. The SMILES string of the molecule is Nc1ncnc2c1ncn2[C@@H]1O[C@H](COP(=O)(O)O)[C@@H](O)[C@H]1O.[Si]. The van der Waals surface area contributed by atoms with Crippen LogP contribution in [0.3, 0.4) is 0 Å². The first kappa shape index (κ1) is 18.9. The van der Waals surface area contributed by atoms with Crippen molar-refractivity contribution in [1.82, 2.24) is 19.5 Å². The predicted octanol–water partition coefficient (Wildman–Crippen LogP) is -2.24. The number of imidazole rings is 1. The zero-order valence-corrected chi connectivity index (χ0v) is 13.9. The Kier molecular flexibility index (Phi) is 5.36. The van der Waals surface area contributed by atoms with Gasteiger partial charge in [0.25, 0.3) is 0 Å². The molecule has 0 unspecified atom stereocenters. The van der Waals surface area contributed by atoms with E-state index in [-0.39, 0.29) is 22.4 Å². The van der Waals surface area contributed by atoms with Gasteiger partial charge in [-0.1, -0.05) is 0 Å². The number of aromatic nitrogens is 4. The summed E-state index contributed by atoms with van der Waals surface area (Å²) in [6.07, 6.45) is -2.49. The summed E-state index contributed by atoms with van der Waals surface area (Å²) >= 11 is 0. The van der Waals surface area contributed by atoms with Gasteiger partial charge in [0.15, 0.2) is 17.7 Å². The molecule has 1 saturated heterocycles. The number of ether oxygens (including phenoxy) is 1. The highest BCUT2D eigenvalue weighted by Gasteiger charge is 2.45. The fourth-order valence-electron chi connectivity index (χ4n) is 2.32. The molecule has 0 saturated carbocycles. The van der Waals surface area contributed by atoms with Crippen LogP contribution in [-0.2, 0) is 13.8 Å². The molecule has 1 aliphatic rings. The Morgan fingerprint density at radius 3 is 2.67 bits per heavy atom. The molecule has 0 bridgehead atoms. The molecule has 0 aromatic carbocycles. The monoisotopic (exact) mass is 375 g/mol. The molecule has 2 aromatic heterocycles. The highest BCUT2D eigenvalue weighted by molar-refractivity contribution is 7.46. The van der Waals surface area contributed by atoms with E-state index >= 15 is 0 Å². The molecular formula is C10H14N5O7PSi. The van der Waals surface area contributed by atoms with Gasteiger partial charge in [-0.25, -0.2) is 19.5 Å². The van der Waals surface area contributed by atoms with Gasteiger partial charge in [-0.05, 0) is 0 Å². The first-order valence-corrected chi connectivity index (χ1v) is 7.95. The number of hydrogen-bond donors (Lipinski definition) is 5. The van der Waals surface area contributed by atoms with Crippen LogP contribution < -0.4 is 5.73 Å². The van der Waals surface area contributed by atoms with Gasteiger partial charge in [0.05, 0.1) is 12.9 Å². The molecule has 4 radical (unpaired) electrons. The summed E-state index contributed by atoms with van der Waals surface area (Å²) in [6, 6.07) is 0. The van der Waals surface area contributed by atoms with E-state index in [0.717, 1.165) is 0 Å². The van der Waals surface area contributed by atoms with Gasteiger partial charge in [0, 0.05) is 11.0 Å². The van der Waals surface area contributed by atoms with Crippen molar-refractivity contribution in [2.75, 3.05) is 12.3 Å². The summed E-state index contributed by atoms with van der Waals surface area (Å²) in [7, 11) is -4.72. The molecule has 12 nitrogen and oxygen atoms in total. The predicted molar refractivity (Wildman–Crippen MR) is 79.4 cm³/mol. The van der Waals surface area contributed by atoms with Crippen molar-refractivity contribution in [3.63, 3.8) is 0 Å². The molecule has 3 rings (SSSR count). The summed E-state index contributed by atoms with van der Waals surface area (Å²) in [5, 5.41) is 20.1. The minimum atomic E-state index is -4.72. The summed E-state index contributed by atoms with van der Waals surface area (Å²) < 4.78 is 21.8. The fourth-order valence-corrected chi connectivity index (χ4v) is 2.66. The quantitative estimate of drug-likeness (QED) is 0.287. The normalized spacial score (nSPS) is 27.3. The second-order valence-electron chi connectivity index (χ2n) is 4.92. The maximum atomic E-state index is 10.7. The van der Waals surface area contributed by atoms with Crippen molar-refractivity contribution < 1.29 is 33.8 Å². The van der Waals surface area contributed by atoms with Crippen molar-refractivity contribution in [2.24, 2.45) is 0 Å². The van der Waals surface area contributed by atoms with Crippen LogP contribution in [0.5, 0.6) is 0 Å². The second kappa shape index (κ2) is 6.82. The Hall–Kier alpha value is -1.44. The number of phosphoric ester groups is 1. The molecule has 1 aliphatic heterocycles. The Bertz CT molecular complexity index is 769. The zero-order chi connectivity index (χ0) is 16.8. The number of aliphatic hydroxyl groups is 2. The van der Waals surface area contributed by atoms with Crippen molar-refractivity contribution in [2.45, 2.75) is 24.5 Å². The average molecular weight is 375 g/mol. The fraction of sp³-hybridized carbons (Fsp3) is 0.500. The Morgan fingerprint density at radius 1 is 1.29 bits per heavy atom. The topological polar surface area (TPSA) is 186 Å². The molecule has 2 aromatic rings. The van der Waals surface area contributed by atoms with Crippen LogP contribution in [0.1, 0.15) is 6.23 Å². The van der Waals surface area contributed by atoms with E-state index in [1.54, 1.807) is 0 Å². The molecule has 3 heterocycles.